The Morgan fingerprint density at radius 2 is 1.68 bits per heavy atom. The summed E-state index contributed by atoms with van der Waals surface area (Å²) in [6.45, 7) is 1.37. The number of hydrogen-bond acceptors (Lipinski definition) is 8. The second-order valence-electron chi connectivity index (χ2n) is 8.39. The normalized spacial score (nSPS) is 19.6. The highest BCUT2D eigenvalue weighted by Crippen LogP contribution is 2.32. The number of imide groups is 1. The maximum Gasteiger partial charge on any atom is 0.251 e. The van der Waals surface area contributed by atoms with Gasteiger partial charge in [0, 0.05) is 18.7 Å². The molecular formula is C24H26N6O4. The Bertz CT molecular complexity index is 1190. The van der Waals surface area contributed by atoms with Crippen molar-refractivity contribution in [3.63, 3.8) is 0 Å². The van der Waals surface area contributed by atoms with Gasteiger partial charge in [-0.05, 0) is 48.4 Å². The molecule has 2 amide bonds. The summed E-state index contributed by atoms with van der Waals surface area (Å²) in [5.74, 6) is 1.45. The number of methoxy groups -OCH3 is 2. The lowest BCUT2D eigenvalue weighted by molar-refractivity contribution is -0.123. The first-order chi connectivity index (χ1) is 16.6. The van der Waals surface area contributed by atoms with Gasteiger partial charge in [-0.15, -0.1) is 10.2 Å². The zero-order valence-corrected chi connectivity index (χ0v) is 19.1. The van der Waals surface area contributed by atoms with Crippen LogP contribution >= 0.6 is 0 Å². The SMILES string of the molecule is COc1ccc(-c2nnn(C3CCN([C@H]4CC(=O)N(c5ccccc5)C4=O)CC3)n2)cc1OC. The van der Waals surface area contributed by atoms with E-state index >= 15 is 0 Å². The van der Waals surface area contributed by atoms with Gasteiger partial charge in [0.15, 0.2) is 11.5 Å². The molecule has 2 aliphatic heterocycles. The first-order valence-electron chi connectivity index (χ1n) is 11.3. The molecule has 176 valence electrons. The van der Waals surface area contributed by atoms with Crippen LogP contribution in [0, 0.1) is 0 Å². The van der Waals surface area contributed by atoms with Gasteiger partial charge in [-0.2, -0.15) is 4.80 Å². The van der Waals surface area contributed by atoms with Gasteiger partial charge in [0.1, 0.15) is 0 Å². The second kappa shape index (κ2) is 9.22. The molecule has 5 rings (SSSR count). The van der Waals surface area contributed by atoms with Crippen LogP contribution in [0.3, 0.4) is 0 Å². The fourth-order valence-electron chi connectivity index (χ4n) is 4.65. The van der Waals surface area contributed by atoms with Crippen molar-refractivity contribution in [2.75, 3.05) is 32.2 Å². The lowest BCUT2D eigenvalue weighted by Crippen LogP contribution is -2.46. The summed E-state index contributed by atoms with van der Waals surface area (Å²) in [7, 11) is 3.17. The van der Waals surface area contributed by atoms with Crippen molar-refractivity contribution in [2.24, 2.45) is 0 Å². The molecule has 0 spiro atoms. The van der Waals surface area contributed by atoms with E-state index in [1.54, 1.807) is 31.1 Å². The molecule has 0 radical (unpaired) electrons. The van der Waals surface area contributed by atoms with Crippen LogP contribution in [0.4, 0.5) is 5.69 Å². The van der Waals surface area contributed by atoms with E-state index in [-0.39, 0.29) is 24.3 Å². The Kier molecular flexibility index (Phi) is 5.97. The number of piperidine rings is 1. The number of carbonyl (C=O) groups excluding carboxylic acids is 2. The molecule has 2 fully saturated rings. The number of likely N-dealkylation sites (tertiary alicyclic amines) is 1. The van der Waals surface area contributed by atoms with Crippen molar-refractivity contribution >= 4 is 17.5 Å². The summed E-state index contributed by atoms with van der Waals surface area (Å²) < 4.78 is 10.7. The van der Waals surface area contributed by atoms with Crippen molar-refractivity contribution in [1.82, 2.24) is 25.1 Å². The van der Waals surface area contributed by atoms with E-state index in [1.807, 2.05) is 36.4 Å². The summed E-state index contributed by atoms with van der Waals surface area (Å²) in [5, 5.41) is 13.1. The zero-order valence-electron chi connectivity index (χ0n) is 19.1. The predicted octanol–water partition coefficient (Wildman–Crippen LogP) is 2.33. The number of tetrazole rings is 1. The van der Waals surface area contributed by atoms with Crippen molar-refractivity contribution < 1.29 is 19.1 Å². The lowest BCUT2D eigenvalue weighted by atomic mass is 10.0. The summed E-state index contributed by atoms with van der Waals surface area (Å²) in [6.07, 6.45) is 1.75. The highest BCUT2D eigenvalue weighted by molar-refractivity contribution is 6.22. The van der Waals surface area contributed by atoms with Crippen molar-refractivity contribution in [1.29, 1.82) is 0 Å². The van der Waals surface area contributed by atoms with E-state index in [2.05, 4.69) is 20.3 Å². The number of hydrogen-bond donors (Lipinski definition) is 0. The Hall–Kier alpha value is -3.79. The highest BCUT2D eigenvalue weighted by Gasteiger charge is 2.43. The number of benzene rings is 2. The van der Waals surface area contributed by atoms with Crippen molar-refractivity contribution in [2.45, 2.75) is 31.3 Å². The molecule has 3 aromatic rings. The number of nitrogens with zero attached hydrogens (tertiary/aromatic N) is 6. The minimum atomic E-state index is -0.417. The zero-order chi connectivity index (χ0) is 23.7. The molecule has 0 saturated carbocycles. The van der Waals surface area contributed by atoms with Gasteiger partial charge >= 0.3 is 0 Å². The summed E-state index contributed by atoms with van der Waals surface area (Å²) in [5.41, 5.74) is 1.42. The number of para-hydroxylation sites is 1. The largest absolute Gasteiger partial charge is 0.493 e. The molecule has 1 aromatic heterocycles. The van der Waals surface area contributed by atoms with E-state index in [0.717, 1.165) is 18.4 Å². The number of amides is 2. The maximum absolute atomic E-state index is 13.0. The molecule has 1 atom stereocenters. The van der Waals surface area contributed by atoms with Crippen LogP contribution in [0.25, 0.3) is 11.4 Å². The average Bonchev–Trinajstić information content (AvgIpc) is 3.49. The number of carbonyl (C=O) groups is 2. The van der Waals surface area contributed by atoms with Crippen molar-refractivity contribution in [3.05, 3.63) is 48.5 Å². The summed E-state index contributed by atoms with van der Waals surface area (Å²) >= 11 is 0. The predicted molar refractivity (Wildman–Crippen MR) is 124 cm³/mol. The third kappa shape index (κ3) is 4.01. The second-order valence-corrected chi connectivity index (χ2v) is 8.39. The molecular weight excluding hydrogens is 436 g/mol. The Labute approximate surface area is 197 Å². The average molecular weight is 463 g/mol. The Balaban J connectivity index is 1.24. The fourth-order valence-corrected chi connectivity index (χ4v) is 4.65. The maximum atomic E-state index is 13.0. The van der Waals surface area contributed by atoms with E-state index in [1.165, 1.54) is 4.90 Å². The minimum Gasteiger partial charge on any atom is -0.493 e. The lowest BCUT2D eigenvalue weighted by Gasteiger charge is -2.34. The quantitative estimate of drug-likeness (QED) is 0.515. The van der Waals surface area contributed by atoms with Gasteiger partial charge in [0.05, 0.1) is 38.4 Å². The Morgan fingerprint density at radius 1 is 0.941 bits per heavy atom. The van der Waals surface area contributed by atoms with E-state index in [4.69, 9.17) is 9.47 Å². The minimum absolute atomic E-state index is 0.0788. The molecule has 0 aliphatic carbocycles. The van der Waals surface area contributed by atoms with Gasteiger partial charge in [-0.25, -0.2) is 4.90 Å². The van der Waals surface area contributed by atoms with Crippen LogP contribution in [0.15, 0.2) is 48.5 Å². The van der Waals surface area contributed by atoms with Gasteiger partial charge in [-0.1, -0.05) is 18.2 Å². The summed E-state index contributed by atoms with van der Waals surface area (Å²) in [4.78, 5) is 30.7. The monoisotopic (exact) mass is 462 g/mol. The molecule has 0 bridgehead atoms. The number of anilines is 1. The third-order valence-corrected chi connectivity index (χ3v) is 6.47. The van der Waals surface area contributed by atoms with Gasteiger partial charge in [-0.3, -0.25) is 14.5 Å². The van der Waals surface area contributed by atoms with Crippen LogP contribution in [-0.4, -0.2) is 70.3 Å². The molecule has 3 heterocycles. The van der Waals surface area contributed by atoms with Gasteiger partial charge in [0.2, 0.25) is 11.7 Å². The van der Waals surface area contributed by atoms with E-state index in [0.29, 0.717) is 36.1 Å². The highest BCUT2D eigenvalue weighted by atomic mass is 16.5. The number of aromatic nitrogens is 4. The smallest absolute Gasteiger partial charge is 0.251 e. The molecule has 10 nitrogen and oxygen atoms in total. The van der Waals surface area contributed by atoms with Crippen LogP contribution in [0.2, 0.25) is 0 Å². The van der Waals surface area contributed by atoms with Crippen LogP contribution in [-0.2, 0) is 9.59 Å². The Morgan fingerprint density at radius 3 is 2.38 bits per heavy atom. The molecule has 0 N–H and O–H groups in total. The molecule has 2 aliphatic rings. The van der Waals surface area contributed by atoms with Gasteiger partial charge < -0.3 is 9.47 Å². The van der Waals surface area contributed by atoms with E-state index in [9.17, 15) is 9.59 Å². The number of ether oxygens (including phenoxy) is 2. The molecule has 2 saturated heterocycles. The van der Waals surface area contributed by atoms with E-state index < -0.39 is 6.04 Å². The van der Waals surface area contributed by atoms with Gasteiger partial charge in [0.25, 0.3) is 5.91 Å². The standard InChI is InChI=1S/C24H26N6O4/c1-33-20-9-8-16(14-21(20)34-2)23-25-27-30(26-23)18-10-12-28(13-11-18)19-15-22(31)29(24(19)32)17-6-4-3-5-7-17/h3-9,14,18-19H,10-13,15H2,1-2H3/t19-/m0/s1. The number of rotatable bonds is 6. The van der Waals surface area contributed by atoms with Crippen LogP contribution < -0.4 is 14.4 Å². The molecule has 34 heavy (non-hydrogen) atoms. The fraction of sp³-hybridized carbons (Fsp3) is 0.375. The van der Waals surface area contributed by atoms with Crippen molar-refractivity contribution in [3.8, 4) is 22.9 Å². The third-order valence-electron chi connectivity index (χ3n) is 6.47. The molecule has 2 aromatic carbocycles. The first kappa shape index (κ1) is 22.0. The summed E-state index contributed by atoms with van der Waals surface area (Å²) in [6, 6.07) is 14.3. The molecule has 10 heteroatoms. The van der Waals surface area contributed by atoms with Crippen LogP contribution in [0.1, 0.15) is 25.3 Å². The first-order valence-corrected chi connectivity index (χ1v) is 11.3. The van der Waals surface area contributed by atoms with Crippen LogP contribution in [0.5, 0.6) is 11.5 Å². The molecule has 0 unspecified atom stereocenters. The topological polar surface area (TPSA) is 103 Å².